The van der Waals surface area contributed by atoms with E-state index >= 15 is 0 Å². The Labute approximate surface area is 125 Å². The highest BCUT2D eigenvalue weighted by atomic mass is 35.5. The zero-order chi connectivity index (χ0) is 15.1. The normalized spacial score (nSPS) is 13.7. The second kappa shape index (κ2) is 8.12. The van der Waals surface area contributed by atoms with Gasteiger partial charge in [-0.1, -0.05) is 18.5 Å². The smallest absolute Gasteiger partial charge is 0.260 e. The molecule has 5 heteroatoms. The average Bonchev–Trinajstić information content (AvgIpc) is 2.41. The number of aryl methyl sites for hydroxylation is 1. The number of hydrogen-bond acceptors (Lipinski definition) is 3. The molecule has 20 heavy (non-hydrogen) atoms. The SMILES string of the molecule is CCC(CCO)NC(=O)C(C)Oc1ccc(Cl)cc1C. The van der Waals surface area contributed by atoms with E-state index in [0.29, 0.717) is 17.2 Å². The van der Waals surface area contributed by atoms with Gasteiger partial charge in [-0.2, -0.15) is 0 Å². The van der Waals surface area contributed by atoms with Gasteiger partial charge in [-0.05, 0) is 50.5 Å². The number of aliphatic hydroxyl groups excluding tert-OH is 1. The molecule has 0 aliphatic heterocycles. The molecule has 0 saturated carbocycles. The quantitative estimate of drug-likeness (QED) is 0.814. The summed E-state index contributed by atoms with van der Waals surface area (Å²) in [4.78, 5) is 12.0. The third-order valence-electron chi connectivity index (χ3n) is 3.13. The lowest BCUT2D eigenvalue weighted by Gasteiger charge is -2.20. The summed E-state index contributed by atoms with van der Waals surface area (Å²) >= 11 is 5.88. The minimum atomic E-state index is -0.595. The van der Waals surface area contributed by atoms with Crippen molar-refractivity contribution < 1.29 is 14.6 Å². The van der Waals surface area contributed by atoms with Crippen LogP contribution in [-0.2, 0) is 4.79 Å². The molecule has 2 atom stereocenters. The lowest BCUT2D eigenvalue weighted by Crippen LogP contribution is -2.42. The van der Waals surface area contributed by atoms with Crippen LogP contribution in [0.3, 0.4) is 0 Å². The number of hydrogen-bond donors (Lipinski definition) is 2. The van der Waals surface area contributed by atoms with Crippen LogP contribution >= 0.6 is 11.6 Å². The largest absolute Gasteiger partial charge is 0.481 e. The van der Waals surface area contributed by atoms with Crippen LogP contribution in [0.5, 0.6) is 5.75 Å². The number of amides is 1. The number of carbonyl (C=O) groups is 1. The molecule has 0 heterocycles. The maximum atomic E-state index is 12.0. The van der Waals surface area contributed by atoms with E-state index in [0.717, 1.165) is 12.0 Å². The fourth-order valence-electron chi connectivity index (χ4n) is 1.84. The molecule has 1 rings (SSSR count). The average molecular weight is 300 g/mol. The van der Waals surface area contributed by atoms with Gasteiger partial charge < -0.3 is 15.2 Å². The molecule has 2 unspecified atom stereocenters. The Bertz CT molecular complexity index is 451. The summed E-state index contributed by atoms with van der Waals surface area (Å²) in [6.07, 6.45) is 0.733. The van der Waals surface area contributed by atoms with Gasteiger partial charge in [0.1, 0.15) is 5.75 Å². The van der Waals surface area contributed by atoms with E-state index in [-0.39, 0.29) is 18.6 Å². The van der Waals surface area contributed by atoms with Gasteiger partial charge in [-0.25, -0.2) is 0 Å². The van der Waals surface area contributed by atoms with E-state index in [1.165, 1.54) is 0 Å². The highest BCUT2D eigenvalue weighted by Gasteiger charge is 2.18. The standard InChI is InChI=1S/C15H22ClNO3/c1-4-13(7-8-18)17-15(19)11(3)20-14-6-5-12(16)9-10(14)2/h5-6,9,11,13,18H,4,7-8H2,1-3H3,(H,17,19). The van der Waals surface area contributed by atoms with Crippen LogP contribution in [0.15, 0.2) is 18.2 Å². The van der Waals surface area contributed by atoms with Gasteiger partial charge in [-0.15, -0.1) is 0 Å². The molecule has 112 valence electrons. The molecule has 1 aromatic rings. The van der Waals surface area contributed by atoms with Crippen molar-refractivity contribution >= 4 is 17.5 Å². The molecular formula is C15H22ClNO3. The molecule has 0 spiro atoms. The number of nitrogens with one attached hydrogen (secondary N) is 1. The van der Waals surface area contributed by atoms with Gasteiger partial charge >= 0.3 is 0 Å². The topological polar surface area (TPSA) is 58.6 Å². The minimum absolute atomic E-state index is 0.0233. The summed E-state index contributed by atoms with van der Waals surface area (Å²) < 4.78 is 5.65. The van der Waals surface area contributed by atoms with Crippen molar-refractivity contribution in [2.75, 3.05) is 6.61 Å². The van der Waals surface area contributed by atoms with E-state index in [4.69, 9.17) is 21.4 Å². The van der Waals surface area contributed by atoms with Gasteiger partial charge in [0.15, 0.2) is 6.10 Å². The molecule has 1 amide bonds. The molecular weight excluding hydrogens is 278 g/mol. The minimum Gasteiger partial charge on any atom is -0.481 e. The first-order chi connectivity index (χ1) is 9.47. The van der Waals surface area contributed by atoms with Gasteiger partial charge in [0.2, 0.25) is 0 Å². The molecule has 0 aliphatic rings. The summed E-state index contributed by atoms with van der Waals surface area (Å²) in [7, 11) is 0. The fourth-order valence-corrected chi connectivity index (χ4v) is 2.07. The van der Waals surface area contributed by atoms with Crippen molar-refractivity contribution in [1.29, 1.82) is 0 Å². The Morgan fingerprint density at radius 1 is 1.50 bits per heavy atom. The fraction of sp³-hybridized carbons (Fsp3) is 0.533. The van der Waals surface area contributed by atoms with E-state index in [9.17, 15) is 4.79 Å². The maximum Gasteiger partial charge on any atom is 0.260 e. The number of rotatable bonds is 7. The second-order valence-corrected chi connectivity index (χ2v) is 5.23. The summed E-state index contributed by atoms with van der Waals surface area (Å²) in [5.41, 5.74) is 0.888. The van der Waals surface area contributed by atoms with Crippen molar-refractivity contribution in [3.8, 4) is 5.75 Å². The highest BCUT2D eigenvalue weighted by Crippen LogP contribution is 2.22. The summed E-state index contributed by atoms with van der Waals surface area (Å²) in [5, 5.41) is 12.4. The monoisotopic (exact) mass is 299 g/mol. The van der Waals surface area contributed by atoms with Crippen molar-refractivity contribution in [3.63, 3.8) is 0 Å². The van der Waals surface area contributed by atoms with Crippen molar-refractivity contribution in [2.45, 2.75) is 45.8 Å². The molecule has 0 saturated heterocycles. The van der Waals surface area contributed by atoms with E-state index < -0.39 is 6.10 Å². The summed E-state index contributed by atoms with van der Waals surface area (Å²) in [6.45, 7) is 5.61. The Hall–Kier alpha value is -1.26. The molecule has 0 bridgehead atoms. The van der Waals surface area contributed by atoms with Gasteiger partial charge in [0.25, 0.3) is 5.91 Å². The Balaban J connectivity index is 2.61. The third-order valence-corrected chi connectivity index (χ3v) is 3.36. The molecule has 0 aliphatic carbocycles. The predicted molar refractivity (Wildman–Crippen MR) is 80.2 cm³/mol. The first-order valence-corrected chi connectivity index (χ1v) is 7.19. The summed E-state index contributed by atoms with van der Waals surface area (Å²) in [6, 6.07) is 5.26. The first-order valence-electron chi connectivity index (χ1n) is 6.82. The van der Waals surface area contributed by atoms with Gasteiger partial charge in [0.05, 0.1) is 0 Å². The third kappa shape index (κ3) is 5.02. The van der Waals surface area contributed by atoms with Crippen LogP contribution in [0, 0.1) is 6.92 Å². The molecule has 0 fully saturated rings. The van der Waals surface area contributed by atoms with Crippen molar-refractivity contribution in [1.82, 2.24) is 5.32 Å². The van der Waals surface area contributed by atoms with E-state index in [1.807, 2.05) is 13.8 Å². The number of aliphatic hydroxyl groups is 1. The lowest BCUT2D eigenvalue weighted by atomic mass is 10.1. The Kier molecular flexibility index (Phi) is 6.82. The number of halogens is 1. The molecule has 0 radical (unpaired) electrons. The molecule has 1 aromatic carbocycles. The number of carbonyl (C=O) groups excluding carboxylic acids is 1. The first kappa shape index (κ1) is 16.8. The zero-order valence-electron chi connectivity index (χ0n) is 12.1. The molecule has 2 N–H and O–H groups in total. The molecule has 4 nitrogen and oxygen atoms in total. The van der Waals surface area contributed by atoms with Gasteiger partial charge in [-0.3, -0.25) is 4.79 Å². The Morgan fingerprint density at radius 3 is 2.75 bits per heavy atom. The van der Waals surface area contributed by atoms with Crippen LogP contribution in [0.1, 0.15) is 32.3 Å². The Morgan fingerprint density at radius 2 is 2.20 bits per heavy atom. The van der Waals surface area contributed by atoms with Crippen LogP contribution in [0.4, 0.5) is 0 Å². The van der Waals surface area contributed by atoms with Crippen LogP contribution < -0.4 is 10.1 Å². The second-order valence-electron chi connectivity index (χ2n) is 4.80. The van der Waals surface area contributed by atoms with Crippen molar-refractivity contribution in [2.24, 2.45) is 0 Å². The van der Waals surface area contributed by atoms with Crippen LogP contribution in [0.2, 0.25) is 5.02 Å². The van der Waals surface area contributed by atoms with Crippen molar-refractivity contribution in [3.05, 3.63) is 28.8 Å². The maximum absolute atomic E-state index is 12.0. The van der Waals surface area contributed by atoms with E-state index in [1.54, 1.807) is 25.1 Å². The zero-order valence-corrected chi connectivity index (χ0v) is 12.9. The van der Waals surface area contributed by atoms with E-state index in [2.05, 4.69) is 5.32 Å². The van der Waals surface area contributed by atoms with Crippen LogP contribution in [-0.4, -0.2) is 29.8 Å². The number of ether oxygens (including phenoxy) is 1. The lowest BCUT2D eigenvalue weighted by molar-refractivity contribution is -0.128. The summed E-state index contributed by atoms with van der Waals surface area (Å²) in [5.74, 6) is 0.465. The predicted octanol–water partition coefficient (Wildman–Crippen LogP) is 2.69. The highest BCUT2D eigenvalue weighted by molar-refractivity contribution is 6.30. The van der Waals surface area contributed by atoms with Gasteiger partial charge in [0, 0.05) is 17.7 Å². The van der Waals surface area contributed by atoms with Crippen LogP contribution in [0.25, 0.3) is 0 Å². The molecule has 0 aromatic heterocycles. The number of benzene rings is 1.